The molecule has 0 aliphatic carbocycles. The molecule has 67 valence electrons. The third-order valence-electron chi connectivity index (χ3n) is 1.05. The lowest BCUT2D eigenvalue weighted by Crippen LogP contribution is -2.07. The van der Waals surface area contributed by atoms with Gasteiger partial charge in [-0.15, -0.1) is 36.7 Å². The molecule has 12 heavy (non-hydrogen) atoms. The first kappa shape index (κ1) is 12.3. The molecule has 0 unspecified atom stereocenters. The van der Waals surface area contributed by atoms with Gasteiger partial charge in [-0.3, -0.25) is 0 Å². The Morgan fingerprint density at radius 2 is 1.50 bits per heavy atom. The molecule has 0 amide bonds. The van der Waals surface area contributed by atoms with Crippen molar-refractivity contribution < 1.29 is 0 Å². The predicted octanol–water partition coefficient (Wildman–Crippen LogP) is 3.86. The maximum atomic E-state index is 5.35. The van der Waals surface area contributed by atoms with Gasteiger partial charge in [0, 0.05) is 11.5 Å². The zero-order chi connectivity index (χ0) is 9.45. The standard InChI is InChI=1S/C9H13S3/c1-4-7-11-9(10,6-3)12-8-5-2/h4-6H,1-3,7-8H2. The first-order valence-electron chi connectivity index (χ1n) is 3.52. The van der Waals surface area contributed by atoms with Crippen LogP contribution in [0, 0.1) is 0 Å². The highest BCUT2D eigenvalue weighted by Crippen LogP contribution is 2.41. The van der Waals surface area contributed by atoms with E-state index in [1.165, 1.54) is 0 Å². The highest BCUT2D eigenvalue weighted by atomic mass is 32.3. The fourth-order valence-corrected chi connectivity index (χ4v) is 2.60. The van der Waals surface area contributed by atoms with Gasteiger partial charge in [-0.05, 0) is 0 Å². The van der Waals surface area contributed by atoms with Crippen LogP contribution in [-0.4, -0.2) is 14.9 Å². The van der Waals surface area contributed by atoms with Crippen molar-refractivity contribution in [3.05, 3.63) is 38.0 Å². The Morgan fingerprint density at radius 1 is 1.08 bits per heavy atom. The molecule has 0 heterocycles. The third kappa shape index (κ3) is 5.01. The normalized spacial score (nSPS) is 10.8. The molecule has 3 heteroatoms. The number of rotatable bonds is 7. The van der Waals surface area contributed by atoms with Gasteiger partial charge < -0.3 is 0 Å². The molecular weight excluding hydrogens is 204 g/mol. The van der Waals surface area contributed by atoms with Gasteiger partial charge in [-0.1, -0.05) is 37.4 Å². The second kappa shape index (κ2) is 6.75. The molecule has 0 N–H and O–H groups in total. The average molecular weight is 217 g/mol. The van der Waals surface area contributed by atoms with Crippen LogP contribution in [0.2, 0.25) is 0 Å². The van der Waals surface area contributed by atoms with E-state index in [0.717, 1.165) is 11.5 Å². The van der Waals surface area contributed by atoms with Crippen LogP contribution in [0.3, 0.4) is 0 Å². The Morgan fingerprint density at radius 3 is 1.75 bits per heavy atom. The average Bonchev–Trinajstić information content (AvgIpc) is 2.11. The smallest absolute Gasteiger partial charge is 0.124 e. The molecule has 0 aromatic carbocycles. The zero-order valence-electron chi connectivity index (χ0n) is 6.99. The van der Waals surface area contributed by atoms with E-state index in [4.69, 9.17) is 12.6 Å². The van der Waals surface area contributed by atoms with Gasteiger partial charge in [-0.25, -0.2) is 0 Å². The Hall–Kier alpha value is 0.270. The molecule has 0 aromatic heterocycles. The van der Waals surface area contributed by atoms with Gasteiger partial charge >= 0.3 is 0 Å². The van der Waals surface area contributed by atoms with Gasteiger partial charge in [0.15, 0.2) is 0 Å². The van der Waals surface area contributed by atoms with Gasteiger partial charge in [0.25, 0.3) is 0 Å². The molecule has 0 atom stereocenters. The minimum Gasteiger partial charge on any atom is -0.124 e. The van der Waals surface area contributed by atoms with E-state index in [1.807, 2.05) is 12.2 Å². The molecule has 0 aromatic rings. The second-order valence-corrected chi connectivity index (χ2v) is 5.96. The van der Waals surface area contributed by atoms with Crippen LogP contribution >= 0.6 is 36.2 Å². The van der Waals surface area contributed by atoms with E-state index >= 15 is 0 Å². The minimum absolute atomic E-state index is 0.317. The maximum absolute atomic E-state index is 5.35. The van der Waals surface area contributed by atoms with Crippen LogP contribution in [0.4, 0.5) is 0 Å². The van der Waals surface area contributed by atoms with Crippen LogP contribution < -0.4 is 0 Å². The molecular formula is C9H13S3. The molecule has 0 spiro atoms. The zero-order valence-corrected chi connectivity index (χ0v) is 9.44. The van der Waals surface area contributed by atoms with Crippen molar-refractivity contribution in [3.8, 4) is 0 Å². The predicted molar refractivity (Wildman–Crippen MR) is 65.8 cm³/mol. The van der Waals surface area contributed by atoms with E-state index in [2.05, 4.69) is 19.7 Å². The molecule has 0 aliphatic rings. The SMILES string of the molecule is C=CCSC([S])(C=C)SCC=C. The van der Waals surface area contributed by atoms with Crippen LogP contribution in [-0.2, 0) is 0 Å². The Kier molecular flexibility index (Phi) is 6.90. The molecule has 0 saturated heterocycles. The van der Waals surface area contributed by atoms with Crippen molar-refractivity contribution in [2.45, 2.75) is 3.41 Å². The highest BCUT2D eigenvalue weighted by molar-refractivity contribution is 8.29. The lowest BCUT2D eigenvalue weighted by Gasteiger charge is -2.20. The van der Waals surface area contributed by atoms with Crippen molar-refractivity contribution in [2.24, 2.45) is 0 Å². The molecule has 0 bridgehead atoms. The first-order valence-corrected chi connectivity index (χ1v) is 5.90. The molecule has 0 saturated carbocycles. The quantitative estimate of drug-likeness (QED) is 0.469. The van der Waals surface area contributed by atoms with Crippen molar-refractivity contribution >= 4 is 36.2 Å². The summed E-state index contributed by atoms with van der Waals surface area (Å²) in [6.45, 7) is 11.0. The Balaban J connectivity index is 3.93. The van der Waals surface area contributed by atoms with Crippen LogP contribution in [0.25, 0.3) is 0 Å². The highest BCUT2D eigenvalue weighted by Gasteiger charge is 2.21. The molecule has 0 fully saturated rings. The summed E-state index contributed by atoms with van der Waals surface area (Å²) in [5.41, 5.74) is 0. The monoisotopic (exact) mass is 217 g/mol. The Labute approximate surface area is 89.0 Å². The van der Waals surface area contributed by atoms with E-state index in [0.29, 0.717) is 0 Å². The van der Waals surface area contributed by atoms with Gasteiger partial charge in [0.1, 0.15) is 3.41 Å². The van der Waals surface area contributed by atoms with E-state index in [9.17, 15) is 0 Å². The number of hydrogen-bond acceptors (Lipinski definition) is 2. The fraction of sp³-hybridized carbons (Fsp3) is 0.333. The van der Waals surface area contributed by atoms with E-state index in [-0.39, 0.29) is 3.41 Å². The summed E-state index contributed by atoms with van der Waals surface area (Å²) in [4.78, 5) is 0. The lowest BCUT2D eigenvalue weighted by atomic mass is 10.7. The summed E-state index contributed by atoms with van der Waals surface area (Å²) < 4.78 is -0.317. The van der Waals surface area contributed by atoms with E-state index in [1.54, 1.807) is 29.6 Å². The van der Waals surface area contributed by atoms with Crippen LogP contribution in [0.5, 0.6) is 0 Å². The van der Waals surface area contributed by atoms with Crippen molar-refractivity contribution in [3.63, 3.8) is 0 Å². The molecule has 0 nitrogen and oxygen atoms in total. The summed E-state index contributed by atoms with van der Waals surface area (Å²) in [5, 5.41) is 0. The second-order valence-electron chi connectivity index (χ2n) is 2.01. The molecule has 0 rings (SSSR count). The van der Waals surface area contributed by atoms with Crippen molar-refractivity contribution in [1.82, 2.24) is 0 Å². The number of thioether (sulfide) groups is 2. The summed E-state index contributed by atoms with van der Waals surface area (Å²) in [6.07, 6.45) is 5.50. The topological polar surface area (TPSA) is 0 Å². The lowest BCUT2D eigenvalue weighted by molar-refractivity contribution is 1.54. The van der Waals surface area contributed by atoms with Crippen LogP contribution in [0.15, 0.2) is 38.0 Å². The summed E-state index contributed by atoms with van der Waals surface area (Å²) in [5.74, 6) is 1.72. The van der Waals surface area contributed by atoms with Crippen LogP contribution in [0.1, 0.15) is 0 Å². The largest absolute Gasteiger partial charge is 0.135 e. The van der Waals surface area contributed by atoms with Gasteiger partial charge in [0.05, 0.1) is 0 Å². The van der Waals surface area contributed by atoms with Crippen molar-refractivity contribution in [1.29, 1.82) is 0 Å². The fourth-order valence-electron chi connectivity index (χ4n) is 0.510. The molecule has 1 radical (unpaired) electrons. The minimum atomic E-state index is -0.317. The summed E-state index contributed by atoms with van der Waals surface area (Å²) in [7, 11) is 0. The van der Waals surface area contributed by atoms with Crippen molar-refractivity contribution in [2.75, 3.05) is 11.5 Å². The third-order valence-corrected chi connectivity index (χ3v) is 4.58. The molecule has 0 aliphatic heterocycles. The first-order chi connectivity index (χ1) is 5.68. The number of hydrogen-bond donors (Lipinski definition) is 0. The van der Waals surface area contributed by atoms with Gasteiger partial charge in [0.2, 0.25) is 0 Å². The summed E-state index contributed by atoms with van der Waals surface area (Å²) >= 11 is 8.66. The Bertz CT molecular complexity index is 151. The maximum Gasteiger partial charge on any atom is 0.135 e. The van der Waals surface area contributed by atoms with E-state index < -0.39 is 0 Å². The van der Waals surface area contributed by atoms with Gasteiger partial charge in [-0.2, -0.15) is 0 Å². The summed E-state index contributed by atoms with van der Waals surface area (Å²) in [6, 6.07) is 0.